The van der Waals surface area contributed by atoms with Crippen molar-refractivity contribution in [3.8, 4) is 0 Å². The van der Waals surface area contributed by atoms with Gasteiger partial charge in [0.05, 0.1) is 34.4 Å². The lowest BCUT2D eigenvalue weighted by molar-refractivity contribution is -0.887. The molecule has 0 saturated carbocycles. The molecule has 2 unspecified atom stereocenters. The van der Waals surface area contributed by atoms with Crippen LogP contribution < -0.4 is 0 Å². The van der Waals surface area contributed by atoms with Crippen molar-refractivity contribution in [3.05, 3.63) is 24.3 Å². The van der Waals surface area contributed by atoms with Crippen LogP contribution >= 0.6 is 0 Å². The second-order valence-electron chi connectivity index (χ2n) is 15.6. The first-order valence-electron chi connectivity index (χ1n) is 21.4. The minimum Gasteiger partial charge on any atom is -0.477 e. The zero-order chi connectivity index (χ0) is 38.5. The Labute approximate surface area is 320 Å². The van der Waals surface area contributed by atoms with Crippen molar-refractivity contribution in [1.29, 1.82) is 0 Å². The van der Waals surface area contributed by atoms with Gasteiger partial charge in [-0.25, -0.2) is 4.79 Å². The third-order valence-electron chi connectivity index (χ3n) is 9.63. The number of carboxylic acids is 1. The lowest BCUT2D eigenvalue weighted by Crippen LogP contribution is -2.50. The molecule has 52 heavy (non-hydrogen) atoms. The van der Waals surface area contributed by atoms with E-state index in [9.17, 15) is 19.5 Å². The van der Waals surface area contributed by atoms with Crippen molar-refractivity contribution in [3.63, 3.8) is 0 Å². The van der Waals surface area contributed by atoms with E-state index in [2.05, 4.69) is 38.2 Å². The molecule has 0 aliphatic heterocycles. The molecule has 0 bridgehead atoms. The van der Waals surface area contributed by atoms with Crippen LogP contribution in [0.1, 0.15) is 187 Å². The zero-order valence-corrected chi connectivity index (χ0v) is 34.5. The van der Waals surface area contributed by atoms with Gasteiger partial charge in [-0.2, -0.15) is 0 Å². The second-order valence-corrected chi connectivity index (χ2v) is 15.6. The van der Waals surface area contributed by atoms with Gasteiger partial charge in [-0.1, -0.05) is 154 Å². The Balaban J connectivity index is 4.25. The quantitative estimate of drug-likeness (QED) is 0.0291. The van der Waals surface area contributed by atoms with Crippen LogP contribution in [0.4, 0.5) is 0 Å². The summed E-state index contributed by atoms with van der Waals surface area (Å²) >= 11 is 0. The molecule has 0 saturated heterocycles. The van der Waals surface area contributed by atoms with E-state index in [4.69, 9.17) is 14.2 Å². The number of likely N-dealkylation sites (N-methyl/N-ethyl adjacent to an activating group) is 1. The molecule has 0 aromatic heterocycles. The molecule has 0 amide bonds. The number of nitrogens with zero attached hydrogens (tertiary/aromatic N) is 1. The summed E-state index contributed by atoms with van der Waals surface area (Å²) in [5.41, 5.74) is 0. The lowest BCUT2D eigenvalue weighted by atomic mass is 10.1. The van der Waals surface area contributed by atoms with Gasteiger partial charge in [0.2, 0.25) is 0 Å². The molecule has 0 aromatic carbocycles. The third-order valence-corrected chi connectivity index (χ3v) is 9.63. The monoisotopic (exact) mass is 737 g/mol. The summed E-state index contributed by atoms with van der Waals surface area (Å²) in [6.45, 7) is 4.69. The number of quaternary nitrogens is 1. The molecule has 0 aliphatic carbocycles. The van der Waals surface area contributed by atoms with Gasteiger partial charge in [0.25, 0.3) is 0 Å². The van der Waals surface area contributed by atoms with Crippen molar-refractivity contribution < 1.29 is 38.2 Å². The average molecular weight is 737 g/mol. The molecular formula is C44H82NO7+. The smallest absolute Gasteiger partial charge is 0.362 e. The Morgan fingerprint density at radius 2 is 1.00 bits per heavy atom. The Bertz CT molecular complexity index is 911. The molecule has 304 valence electrons. The van der Waals surface area contributed by atoms with Gasteiger partial charge in [-0.15, -0.1) is 0 Å². The fraction of sp³-hybridized carbons (Fsp3) is 0.841. The number of hydrogen-bond donors (Lipinski definition) is 1. The van der Waals surface area contributed by atoms with Crippen LogP contribution in [-0.2, 0) is 28.6 Å². The molecule has 0 rings (SSSR count). The standard InChI is InChI=1S/C44H81NO7/c1-6-8-10-12-14-16-17-18-19-20-21-22-23-24-25-26-27-29-31-33-35-43(47)52-40(38-50-37-36-41(44(48)49)45(3,4)5)39-51-42(46)34-32-30-28-15-13-11-9-7-2/h16-19,40-41H,6-15,20-39H2,1-5H3/p+1/b17-16+,19-18+. The van der Waals surface area contributed by atoms with Crippen LogP contribution in [0, 0.1) is 0 Å². The van der Waals surface area contributed by atoms with Crippen molar-refractivity contribution in [2.24, 2.45) is 0 Å². The predicted molar refractivity (Wildman–Crippen MR) is 215 cm³/mol. The number of aliphatic carboxylic acids is 1. The van der Waals surface area contributed by atoms with Crippen molar-refractivity contribution in [1.82, 2.24) is 0 Å². The van der Waals surface area contributed by atoms with E-state index >= 15 is 0 Å². The summed E-state index contributed by atoms with van der Waals surface area (Å²) in [6.07, 6.45) is 38.0. The van der Waals surface area contributed by atoms with E-state index in [0.29, 0.717) is 19.3 Å². The molecule has 2 atom stereocenters. The predicted octanol–water partition coefficient (Wildman–Crippen LogP) is 11.3. The highest BCUT2D eigenvalue weighted by Gasteiger charge is 2.31. The Morgan fingerprint density at radius 3 is 1.46 bits per heavy atom. The number of ether oxygens (including phenoxy) is 3. The number of hydrogen-bond acceptors (Lipinski definition) is 6. The number of carbonyl (C=O) groups excluding carboxylic acids is 2. The van der Waals surface area contributed by atoms with E-state index < -0.39 is 18.1 Å². The normalized spacial score (nSPS) is 13.2. The SMILES string of the molecule is CCCCCC/C=C/C=C/CCCCCCCCCCCCC(=O)OC(COCCC(C(=O)O)[N+](C)(C)C)COC(=O)CCCCCCCCCC. The summed E-state index contributed by atoms with van der Waals surface area (Å²) in [5.74, 6) is -1.47. The topological polar surface area (TPSA) is 99.1 Å². The Morgan fingerprint density at radius 1 is 0.577 bits per heavy atom. The Kier molecular flexibility index (Phi) is 34.3. The first-order chi connectivity index (χ1) is 25.1. The first-order valence-corrected chi connectivity index (χ1v) is 21.4. The number of carbonyl (C=O) groups is 3. The van der Waals surface area contributed by atoms with E-state index in [-0.39, 0.29) is 36.2 Å². The van der Waals surface area contributed by atoms with Crippen LogP contribution in [0.3, 0.4) is 0 Å². The number of allylic oxidation sites excluding steroid dienone is 4. The lowest BCUT2D eigenvalue weighted by Gasteiger charge is -2.31. The molecule has 1 N–H and O–H groups in total. The largest absolute Gasteiger partial charge is 0.477 e. The van der Waals surface area contributed by atoms with Gasteiger partial charge < -0.3 is 23.8 Å². The molecular weight excluding hydrogens is 654 g/mol. The third kappa shape index (κ3) is 33.6. The van der Waals surface area contributed by atoms with Crippen LogP contribution in [0.15, 0.2) is 24.3 Å². The van der Waals surface area contributed by atoms with E-state index in [1.807, 2.05) is 21.1 Å². The van der Waals surface area contributed by atoms with Crippen LogP contribution in [0.25, 0.3) is 0 Å². The van der Waals surface area contributed by atoms with Gasteiger partial charge in [0, 0.05) is 19.3 Å². The summed E-state index contributed by atoms with van der Waals surface area (Å²) in [7, 11) is 5.52. The zero-order valence-electron chi connectivity index (χ0n) is 34.5. The first kappa shape index (κ1) is 49.8. The van der Waals surface area contributed by atoms with Gasteiger partial charge in [0.1, 0.15) is 6.61 Å². The summed E-state index contributed by atoms with van der Waals surface area (Å²) in [5, 5.41) is 9.59. The van der Waals surface area contributed by atoms with Crippen molar-refractivity contribution >= 4 is 17.9 Å². The molecule has 8 heteroatoms. The van der Waals surface area contributed by atoms with Gasteiger partial charge in [-0.05, 0) is 38.5 Å². The maximum atomic E-state index is 12.7. The molecule has 0 aliphatic rings. The number of rotatable bonds is 38. The van der Waals surface area contributed by atoms with Crippen LogP contribution in [0.5, 0.6) is 0 Å². The van der Waals surface area contributed by atoms with Gasteiger partial charge >= 0.3 is 17.9 Å². The van der Waals surface area contributed by atoms with Crippen molar-refractivity contribution in [2.45, 2.75) is 199 Å². The number of carboxylic acid groups (broad SMARTS) is 1. The highest BCUT2D eigenvalue weighted by molar-refractivity contribution is 5.72. The summed E-state index contributed by atoms with van der Waals surface area (Å²) in [6, 6.07) is -0.611. The van der Waals surface area contributed by atoms with Gasteiger partial charge in [-0.3, -0.25) is 9.59 Å². The number of esters is 2. The summed E-state index contributed by atoms with van der Waals surface area (Å²) < 4.78 is 17.2. The molecule has 0 fully saturated rings. The maximum absolute atomic E-state index is 12.7. The minimum atomic E-state index is -0.875. The average Bonchev–Trinajstić information content (AvgIpc) is 3.09. The highest BCUT2D eigenvalue weighted by Crippen LogP contribution is 2.14. The fourth-order valence-corrected chi connectivity index (χ4v) is 6.26. The van der Waals surface area contributed by atoms with E-state index in [1.54, 1.807) is 0 Å². The summed E-state index contributed by atoms with van der Waals surface area (Å²) in [4.78, 5) is 36.8. The molecule has 0 spiro atoms. The maximum Gasteiger partial charge on any atom is 0.362 e. The second kappa shape index (κ2) is 35.8. The minimum absolute atomic E-state index is 0.0490. The van der Waals surface area contributed by atoms with E-state index in [0.717, 1.165) is 38.5 Å². The molecule has 8 nitrogen and oxygen atoms in total. The van der Waals surface area contributed by atoms with Crippen molar-refractivity contribution in [2.75, 3.05) is 41.0 Å². The molecule has 0 heterocycles. The highest BCUT2D eigenvalue weighted by atomic mass is 16.6. The fourth-order valence-electron chi connectivity index (χ4n) is 6.26. The Hall–Kier alpha value is -2.19. The molecule has 0 aromatic rings. The number of unbranched alkanes of at least 4 members (excludes halogenated alkanes) is 21. The van der Waals surface area contributed by atoms with Crippen LogP contribution in [-0.4, -0.2) is 80.6 Å². The van der Waals surface area contributed by atoms with Gasteiger partial charge in [0.15, 0.2) is 12.1 Å². The van der Waals surface area contributed by atoms with Crippen LogP contribution in [0.2, 0.25) is 0 Å². The molecule has 0 radical (unpaired) electrons. The van der Waals surface area contributed by atoms with E-state index in [1.165, 1.54) is 116 Å².